The van der Waals surface area contributed by atoms with Crippen LogP contribution >= 0.6 is 0 Å². The Morgan fingerprint density at radius 1 is 0.750 bits per heavy atom. The van der Waals surface area contributed by atoms with Crippen LogP contribution in [0.4, 0.5) is 0 Å². The molecule has 1 N–H and O–H groups in total. The van der Waals surface area contributed by atoms with Gasteiger partial charge >= 0.3 is 0 Å². The summed E-state index contributed by atoms with van der Waals surface area (Å²) in [5.41, 5.74) is 0. The van der Waals surface area contributed by atoms with Gasteiger partial charge in [-0.2, -0.15) is 0 Å². The smallest absolute Gasteiger partial charge is 0.0431 e. The monoisotopic (exact) mass is 224 g/mol. The molecule has 0 spiro atoms. The van der Waals surface area contributed by atoms with E-state index in [9.17, 15) is 0 Å². The van der Waals surface area contributed by atoms with Gasteiger partial charge in [0.25, 0.3) is 0 Å². The Bertz CT molecular complexity index is 170. The molecule has 1 nitrogen and oxygen atoms in total. The van der Waals surface area contributed by atoms with E-state index in [1.165, 1.54) is 44.9 Å². The van der Waals surface area contributed by atoms with E-state index < -0.39 is 0 Å². The molecule has 0 aliphatic carbocycles. The van der Waals surface area contributed by atoms with E-state index >= 15 is 0 Å². The van der Waals surface area contributed by atoms with Crippen molar-refractivity contribution in [3.8, 4) is 0 Å². The summed E-state index contributed by atoms with van der Waals surface area (Å²) in [6, 6.07) is 0. The van der Waals surface area contributed by atoms with Crippen LogP contribution < -0.4 is 0 Å². The quantitative estimate of drug-likeness (QED) is 0.401. The molecule has 0 aliphatic rings. The molecule has 16 heavy (non-hydrogen) atoms. The molecule has 0 unspecified atom stereocenters. The number of hydrogen-bond donors (Lipinski definition) is 1. The molecule has 0 aromatic carbocycles. The third-order valence-corrected chi connectivity index (χ3v) is 2.65. The van der Waals surface area contributed by atoms with Gasteiger partial charge in [-0.15, -0.1) is 0 Å². The lowest BCUT2D eigenvalue weighted by Gasteiger charge is -1.99. The zero-order valence-corrected chi connectivity index (χ0v) is 10.8. The van der Waals surface area contributed by atoms with Gasteiger partial charge in [0.1, 0.15) is 0 Å². The van der Waals surface area contributed by atoms with E-state index in [4.69, 9.17) is 5.11 Å². The first-order chi connectivity index (χ1) is 7.91. The van der Waals surface area contributed by atoms with Gasteiger partial charge in [-0.3, -0.25) is 0 Å². The Labute approximate surface area is 101 Å². The minimum absolute atomic E-state index is 0.357. The molecular formula is C15H28O. The zero-order valence-electron chi connectivity index (χ0n) is 10.8. The van der Waals surface area contributed by atoms with Crippen molar-refractivity contribution in [2.75, 3.05) is 6.61 Å². The van der Waals surface area contributed by atoms with Gasteiger partial charge in [0, 0.05) is 6.61 Å². The fraction of sp³-hybridized carbons (Fsp3) is 0.733. The van der Waals surface area contributed by atoms with Gasteiger partial charge in [0.05, 0.1) is 0 Å². The normalized spacial score (nSPS) is 11.9. The molecule has 0 saturated carbocycles. The number of rotatable bonds is 11. The Balaban J connectivity index is 3.03. The van der Waals surface area contributed by atoms with Crippen molar-refractivity contribution in [3.63, 3.8) is 0 Å². The van der Waals surface area contributed by atoms with Crippen LogP contribution in [0.2, 0.25) is 0 Å². The summed E-state index contributed by atoms with van der Waals surface area (Å²) in [6.07, 6.45) is 19.9. The van der Waals surface area contributed by atoms with E-state index in [1.807, 2.05) is 0 Å². The Kier molecular flexibility index (Phi) is 13.9. The lowest BCUT2D eigenvalue weighted by atomic mass is 10.1. The molecule has 1 heteroatoms. The van der Waals surface area contributed by atoms with Crippen LogP contribution in [0, 0.1) is 0 Å². The number of unbranched alkanes of at least 4 members (excludes halogenated alkanes) is 7. The molecule has 0 aromatic rings. The van der Waals surface area contributed by atoms with Crippen molar-refractivity contribution in [1.82, 2.24) is 0 Å². The highest BCUT2D eigenvalue weighted by molar-refractivity contribution is 5.01. The first kappa shape index (κ1) is 15.4. The highest BCUT2D eigenvalue weighted by Gasteiger charge is 1.90. The van der Waals surface area contributed by atoms with Gasteiger partial charge in [-0.05, 0) is 25.7 Å². The predicted molar refractivity (Wildman–Crippen MR) is 72.6 cm³/mol. The molecule has 0 saturated heterocycles. The van der Waals surface area contributed by atoms with E-state index in [0.717, 1.165) is 12.8 Å². The van der Waals surface area contributed by atoms with Crippen LogP contribution in [0.1, 0.15) is 64.7 Å². The van der Waals surface area contributed by atoms with Crippen LogP contribution in [0.15, 0.2) is 24.3 Å². The predicted octanol–water partition coefficient (Wildman–Crippen LogP) is 4.62. The van der Waals surface area contributed by atoms with Crippen molar-refractivity contribution in [3.05, 3.63) is 24.3 Å². The molecular weight excluding hydrogens is 196 g/mol. The lowest BCUT2D eigenvalue weighted by molar-refractivity contribution is 0.282. The molecule has 0 fully saturated rings. The zero-order chi connectivity index (χ0) is 11.9. The molecule has 0 heterocycles. The second-order valence-corrected chi connectivity index (χ2v) is 4.25. The summed E-state index contributed by atoms with van der Waals surface area (Å²) in [5.74, 6) is 0. The molecule has 0 amide bonds. The topological polar surface area (TPSA) is 20.2 Å². The van der Waals surface area contributed by atoms with Crippen LogP contribution in [-0.4, -0.2) is 11.7 Å². The van der Waals surface area contributed by atoms with Crippen molar-refractivity contribution < 1.29 is 5.11 Å². The standard InChI is InChI=1S/C15H28O/c1-2-3-4-5-6-7-8-9-10-11-12-13-14-15-16/h3-6,16H,2,7-15H2,1H3/b4-3-,6-5-. The molecule has 94 valence electrons. The van der Waals surface area contributed by atoms with E-state index in [0.29, 0.717) is 6.61 Å². The second-order valence-electron chi connectivity index (χ2n) is 4.25. The Hall–Kier alpha value is -0.560. The van der Waals surface area contributed by atoms with Crippen molar-refractivity contribution in [2.45, 2.75) is 64.7 Å². The van der Waals surface area contributed by atoms with Crippen molar-refractivity contribution in [1.29, 1.82) is 0 Å². The summed E-state index contributed by atoms with van der Waals surface area (Å²) in [6.45, 7) is 2.51. The van der Waals surface area contributed by atoms with Crippen molar-refractivity contribution in [2.24, 2.45) is 0 Å². The van der Waals surface area contributed by atoms with Gasteiger partial charge in [0.15, 0.2) is 0 Å². The summed E-state index contributed by atoms with van der Waals surface area (Å²) in [5, 5.41) is 8.61. The number of hydrogen-bond acceptors (Lipinski definition) is 1. The number of aliphatic hydroxyl groups excluding tert-OH is 1. The number of allylic oxidation sites excluding steroid dienone is 4. The Morgan fingerprint density at radius 3 is 1.94 bits per heavy atom. The summed E-state index contributed by atoms with van der Waals surface area (Å²) in [4.78, 5) is 0. The minimum atomic E-state index is 0.357. The van der Waals surface area contributed by atoms with Gasteiger partial charge in [-0.1, -0.05) is 63.3 Å². The van der Waals surface area contributed by atoms with E-state index in [-0.39, 0.29) is 0 Å². The summed E-state index contributed by atoms with van der Waals surface area (Å²) >= 11 is 0. The van der Waals surface area contributed by atoms with Crippen LogP contribution in [0.5, 0.6) is 0 Å². The highest BCUT2D eigenvalue weighted by atomic mass is 16.2. The largest absolute Gasteiger partial charge is 0.396 e. The minimum Gasteiger partial charge on any atom is -0.396 e. The highest BCUT2D eigenvalue weighted by Crippen LogP contribution is 2.08. The maximum absolute atomic E-state index is 8.61. The maximum Gasteiger partial charge on any atom is 0.0431 e. The van der Waals surface area contributed by atoms with Crippen molar-refractivity contribution >= 4 is 0 Å². The van der Waals surface area contributed by atoms with Gasteiger partial charge in [-0.25, -0.2) is 0 Å². The third kappa shape index (κ3) is 13.4. The molecule has 0 bridgehead atoms. The first-order valence-electron chi connectivity index (χ1n) is 6.84. The van der Waals surface area contributed by atoms with Crippen LogP contribution in [0.3, 0.4) is 0 Å². The molecule has 0 aliphatic heterocycles. The van der Waals surface area contributed by atoms with Gasteiger partial charge in [0.2, 0.25) is 0 Å². The Morgan fingerprint density at radius 2 is 1.31 bits per heavy atom. The van der Waals surface area contributed by atoms with Gasteiger partial charge < -0.3 is 5.11 Å². The SMILES string of the molecule is CC/C=C\C=C/CCCCCCCCCO. The lowest BCUT2D eigenvalue weighted by Crippen LogP contribution is -1.83. The van der Waals surface area contributed by atoms with E-state index in [2.05, 4.69) is 31.2 Å². The fourth-order valence-electron chi connectivity index (χ4n) is 1.65. The summed E-state index contributed by atoms with van der Waals surface area (Å²) < 4.78 is 0. The maximum atomic E-state index is 8.61. The fourth-order valence-corrected chi connectivity index (χ4v) is 1.65. The first-order valence-corrected chi connectivity index (χ1v) is 6.84. The molecule has 0 atom stereocenters. The van der Waals surface area contributed by atoms with Crippen LogP contribution in [-0.2, 0) is 0 Å². The molecule has 0 aromatic heterocycles. The van der Waals surface area contributed by atoms with E-state index in [1.54, 1.807) is 0 Å². The summed E-state index contributed by atoms with van der Waals surface area (Å²) in [7, 11) is 0. The molecule has 0 radical (unpaired) electrons. The third-order valence-electron chi connectivity index (χ3n) is 2.65. The average Bonchev–Trinajstić information content (AvgIpc) is 2.31. The van der Waals surface area contributed by atoms with Crippen LogP contribution in [0.25, 0.3) is 0 Å². The second kappa shape index (κ2) is 14.4. The average molecular weight is 224 g/mol. The molecule has 0 rings (SSSR count). The number of aliphatic hydroxyl groups is 1.